The van der Waals surface area contributed by atoms with E-state index in [1.165, 1.54) is 45.4 Å². The molecule has 0 amide bonds. The van der Waals surface area contributed by atoms with Gasteiger partial charge in [0.2, 0.25) is 0 Å². The molecule has 1 fully saturated rings. The Morgan fingerprint density at radius 3 is 2.63 bits per heavy atom. The zero-order valence-corrected chi connectivity index (χ0v) is 13.8. The van der Waals surface area contributed by atoms with Crippen LogP contribution in [0.5, 0.6) is 0 Å². The highest BCUT2D eigenvalue weighted by molar-refractivity contribution is 4.79. The van der Waals surface area contributed by atoms with E-state index in [9.17, 15) is 0 Å². The summed E-state index contributed by atoms with van der Waals surface area (Å²) in [4.78, 5) is 5.00. The van der Waals surface area contributed by atoms with Crippen molar-refractivity contribution >= 4 is 0 Å². The van der Waals surface area contributed by atoms with Gasteiger partial charge in [-0.2, -0.15) is 0 Å². The lowest BCUT2D eigenvalue weighted by Crippen LogP contribution is -2.45. The van der Waals surface area contributed by atoms with Crippen LogP contribution in [0.4, 0.5) is 0 Å². The van der Waals surface area contributed by atoms with Gasteiger partial charge in [-0.1, -0.05) is 27.2 Å². The van der Waals surface area contributed by atoms with E-state index in [-0.39, 0.29) is 0 Å². The summed E-state index contributed by atoms with van der Waals surface area (Å²) < 4.78 is 0. The first-order valence-electron chi connectivity index (χ1n) is 8.17. The van der Waals surface area contributed by atoms with E-state index in [0.29, 0.717) is 6.04 Å². The summed E-state index contributed by atoms with van der Waals surface area (Å²) >= 11 is 0. The van der Waals surface area contributed by atoms with E-state index in [2.05, 4.69) is 50.0 Å². The fraction of sp³-hybridized carbons (Fsp3) is 1.00. The average Bonchev–Trinajstić information content (AvgIpc) is 2.78. The molecule has 1 aliphatic heterocycles. The minimum Gasteiger partial charge on any atom is -0.312 e. The van der Waals surface area contributed by atoms with Crippen molar-refractivity contribution in [1.82, 2.24) is 15.1 Å². The van der Waals surface area contributed by atoms with Crippen LogP contribution in [0.25, 0.3) is 0 Å². The molecule has 0 aromatic rings. The lowest BCUT2D eigenvalue weighted by molar-refractivity contribution is 0.217. The molecule has 114 valence electrons. The Hall–Kier alpha value is -0.120. The first-order valence-corrected chi connectivity index (χ1v) is 8.17. The minimum atomic E-state index is 0.647. The normalized spacial score (nSPS) is 24.0. The molecule has 3 heteroatoms. The largest absolute Gasteiger partial charge is 0.312 e. The third kappa shape index (κ3) is 6.24. The van der Waals surface area contributed by atoms with Gasteiger partial charge >= 0.3 is 0 Å². The zero-order valence-electron chi connectivity index (χ0n) is 13.8. The number of nitrogens with zero attached hydrogens (tertiary/aromatic N) is 2. The second-order valence-electron chi connectivity index (χ2n) is 6.58. The number of hydrogen-bond acceptors (Lipinski definition) is 3. The van der Waals surface area contributed by atoms with E-state index in [1.54, 1.807) is 0 Å². The molecule has 0 bridgehead atoms. The lowest BCUT2D eigenvalue weighted by atomic mass is 9.98. The summed E-state index contributed by atoms with van der Waals surface area (Å²) in [6.07, 6.45) is 3.86. The van der Waals surface area contributed by atoms with Gasteiger partial charge < -0.3 is 15.1 Å². The molecule has 3 unspecified atom stereocenters. The summed E-state index contributed by atoms with van der Waals surface area (Å²) in [5.74, 6) is 1.64. The summed E-state index contributed by atoms with van der Waals surface area (Å²) in [6.45, 7) is 13.1. The van der Waals surface area contributed by atoms with Crippen LogP contribution in [0.1, 0.15) is 40.0 Å². The third-order valence-corrected chi connectivity index (χ3v) is 4.55. The fourth-order valence-electron chi connectivity index (χ4n) is 3.09. The molecule has 19 heavy (non-hydrogen) atoms. The second-order valence-corrected chi connectivity index (χ2v) is 6.58. The van der Waals surface area contributed by atoms with Crippen molar-refractivity contribution in [3.63, 3.8) is 0 Å². The van der Waals surface area contributed by atoms with Crippen molar-refractivity contribution in [2.75, 3.05) is 46.8 Å². The van der Waals surface area contributed by atoms with E-state index in [0.717, 1.165) is 18.4 Å². The van der Waals surface area contributed by atoms with Crippen molar-refractivity contribution in [3.05, 3.63) is 0 Å². The predicted octanol–water partition coefficient (Wildman–Crippen LogP) is 2.28. The summed E-state index contributed by atoms with van der Waals surface area (Å²) in [7, 11) is 4.53. The molecule has 1 saturated heterocycles. The van der Waals surface area contributed by atoms with Crippen molar-refractivity contribution in [2.24, 2.45) is 11.8 Å². The molecule has 0 saturated carbocycles. The Balaban J connectivity index is 2.34. The van der Waals surface area contributed by atoms with Crippen molar-refractivity contribution in [2.45, 2.75) is 46.1 Å². The molecular formula is C16H35N3. The lowest BCUT2D eigenvalue weighted by Gasteiger charge is -2.30. The highest BCUT2D eigenvalue weighted by Crippen LogP contribution is 2.16. The van der Waals surface area contributed by atoms with Gasteiger partial charge in [-0.15, -0.1) is 0 Å². The molecule has 0 aliphatic carbocycles. The van der Waals surface area contributed by atoms with Crippen LogP contribution in [0, 0.1) is 11.8 Å². The predicted molar refractivity (Wildman–Crippen MR) is 84.6 cm³/mol. The third-order valence-electron chi connectivity index (χ3n) is 4.55. The van der Waals surface area contributed by atoms with Crippen molar-refractivity contribution in [3.8, 4) is 0 Å². The monoisotopic (exact) mass is 269 g/mol. The van der Waals surface area contributed by atoms with Crippen LogP contribution in [0.3, 0.4) is 0 Å². The number of hydrogen-bond donors (Lipinski definition) is 1. The van der Waals surface area contributed by atoms with Crippen LogP contribution in [-0.2, 0) is 0 Å². The van der Waals surface area contributed by atoms with Gasteiger partial charge in [-0.3, -0.25) is 0 Å². The number of likely N-dealkylation sites (N-methyl/N-ethyl adjacent to an activating group) is 1. The van der Waals surface area contributed by atoms with Gasteiger partial charge in [0.1, 0.15) is 0 Å². The van der Waals surface area contributed by atoms with Crippen molar-refractivity contribution < 1.29 is 0 Å². The molecule has 1 aliphatic rings. The molecular weight excluding hydrogens is 234 g/mol. The minimum absolute atomic E-state index is 0.647. The van der Waals surface area contributed by atoms with E-state index >= 15 is 0 Å². The SMILES string of the molecule is CCCNC(CN(C)CC1CCN(C)C1)C(C)CC. The van der Waals surface area contributed by atoms with Gasteiger partial charge in [-0.05, 0) is 51.9 Å². The van der Waals surface area contributed by atoms with E-state index < -0.39 is 0 Å². The standard InChI is InChI=1S/C16H35N3/c1-6-9-17-16(14(3)7-2)13-19(5)12-15-8-10-18(4)11-15/h14-17H,6-13H2,1-5H3. The Kier molecular flexibility index (Phi) is 7.96. The van der Waals surface area contributed by atoms with Crippen LogP contribution in [0.2, 0.25) is 0 Å². The number of likely N-dealkylation sites (tertiary alicyclic amines) is 1. The van der Waals surface area contributed by atoms with Crippen LogP contribution < -0.4 is 5.32 Å². The van der Waals surface area contributed by atoms with Crippen molar-refractivity contribution in [1.29, 1.82) is 0 Å². The van der Waals surface area contributed by atoms with Gasteiger partial charge in [0.25, 0.3) is 0 Å². The van der Waals surface area contributed by atoms with Gasteiger partial charge in [0.05, 0.1) is 0 Å². The zero-order chi connectivity index (χ0) is 14.3. The van der Waals surface area contributed by atoms with Crippen LogP contribution in [-0.4, -0.2) is 62.7 Å². The van der Waals surface area contributed by atoms with E-state index in [4.69, 9.17) is 0 Å². The second kappa shape index (κ2) is 8.93. The summed E-state index contributed by atoms with van der Waals surface area (Å²) in [5.41, 5.74) is 0. The molecule has 1 N–H and O–H groups in total. The Labute approximate surface area is 120 Å². The highest BCUT2D eigenvalue weighted by atomic mass is 15.2. The molecule has 0 aromatic carbocycles. The fourth-order valence-corrected chi connectivity index (χ4v) is 3.09. The molecule has 1 rings (SSSR count). The maximum absolute atomic E-state index is 3.73. The molecule has 0 radical (unpaired) electrons. The maximum atomic E-state index is 3.73. The molecule has 1 heterocycles. The summed E-state index contributed by atoms with van der Waals surface area (Å²) in [5, 5.41) is 3.73. The maximum Gasteiger partial charge on any atom is 0.0220 e. The first-order chi connectivity index (χ1) is 9.06. The van der Waals surface area contributed by atoms with Gasteiger partial charge in [0, 0.05) is 25.7 Å². The quantitative estimate of drug-likeness (QED) is 0.693. The Morgan fingerprint density at radius 2 is 2.11 bits per heavy atom. The van der Waals surface area contributed by atoms with Crippen LogP contribution >= 0.6 is 0 Å². The van der Waals surface area contributed by atoms with Crippen LogP contribution in [0.15, 0.2) is 0 Å². The molecule has 3 nitrogen and oxygen atoms in total. The average molecular weight is 269 g/mol. The Morgan fingerprint density at radius 1 is 1.37 bits per heavy atom. The number of rotatable bonds is 9. The number of nitrogens with one attached hydrogen (secondary N) is 1. The topological polar surface area (TPSA) is 18.5 Å². The van der Waals surface area contributed by atoms with Gasteiger partial charge in [-0.25, -0.2) is 0 Å². The smallest absolute Gasteiger partial charge is 0.0220 e. The van der Waals surface area contributed by atoms with Gasteiger partial charge in [0.15, 0.2) is 0 Å². The summed E-state index contributed by atoms with van der Waals surface area (Å²) in [6, 6.07) is 0.647. The van der Waals surface area contributed by atoms with E-state index in [1.807, 2.05) is 0 Å². The molecule has 0 spiro atoms. The highest BCUT2D eigenvalue weighted by Gasteiger charge is 2.23. The molecule has 3 atom stereocenters. The Bertz CT molecular complexity index is 232. The molecule has 0 aromatic heterocycles. The first kappa shape index (κ1) is 16.9.